The van der Waals surface area contributed by atoms with Crippen LogP contribution in [0.25, 0.3) is 111 Å². The number of hydrogen-bond acceptors (Lipinski definition) is 4. The van der Waals surface area contributed by atoms with Gasteiger partial charge in [-0.2, -0.15) is 9.97 Å². The molecule has 0 bridgehead atoms. The van der Waals surface area contributed by atoms with E-state index in [2.05, 4.69) is 15.0 Å². The third-order valence-electron chi connectivity index (χ3n) is 9.04. The summed E-state index contributed by atoms with van der Waals surface area (Å²) < 4.78 is 289. The van der Waals surface area contributed by atoms with E-state index in [0.717, 1.165) is 9.13 Å². The first-order chi connectivity index (χ1) is 41.2. The predicted octanol–water partition coefficient (Wildman–Crippen LogP) is 13.0. The maximum Gasteiger partial charge on any atom is 0.238 e. The molecule has 0 N–H and O–H groups in total. The van der Waals surface area contributed by atoms with Crippen molar-refractivity contribution in [2.45, 2.75) is 0 Å². The Morgan fingerprint density at radius 3 is 1.49 bits per heavy atom. The quantitative estimate of drug-likeness (QED) is 0.175. The molecule has 0 aliphatic rings. The smallest absolute Gasteiger partial charge is 0.238 e. The monoisotopic (exact) mass is 760 g/mol. The molecule has 57 heavy (non-hydrogen) atoms. The van der Waals surface area contributed by atoms with Crippen LogP contribution in [0.2, 0.25) is 0 Å². The van der Waals surface area contributed by atoms with Gasteiger partial charge in [0.25, 0.3) is 0 Å². The molecule has 12 rings (SSSR count). The molecule has 6 nitrogen and oxygen atoms in total. The van der Waals surface area contributed by atoms with Gasteiger partial charge in [-0.05, 0) is 41.3 Å². The molecule has 6 heteroatoms. The number of hydrogen-bond donors (Lipinski definition) is 0. The fourth-order valence-corrected chi connectivity index (χ4v) is 6.77. The largest absolute Gasteiger partial charge is 0.456 e. The fraction of sp³-hybridized carbons (Fsp3) is 0. The summed E-state index contributed by atoms with van der Waals surface area (Å²) in [5.74, 6) is -2.86. The minimum absolute atomic E-state index is 0.620. The van der Waals surface area contributed by atoms with Crippen molar-refractivity contribution in [3.63, 3.8) is 0 Å². The highest BCUT2D eigenvalue weighted by molar-refractivity contribution is 6.25. The molecule has 0 fully saturated rings. The normalized spacial score (nSPS) is 19.5. The zero-order valence-corrected chi connectivity index (χ0v) is 28.1. The fourth-order valence-electron chi connectivity index (χ4n) is 6.77. The molecule has 4 heterocycles. The Morgan fingerprint density at radius 1 is 0.386 bits per heavy atom. The van der Waals surface area contributed by atoms with Crippen LogP contribution < -0.4 is 0 Å². The van der Waals surface area contributed by atoms with E-state index >= 15 is 0 Å². The van der Waals surface area contributed by atoms with Crippen LogP contribution in [0.3, 0.4) is 0 Å². The summed E-state index contributed by atoms with van der Waals surface area (Å²) in [4.78, 5) is 13.4. The minimum Gasteiger partial charge on any atom is -0.456 e. The average Bonchev–Trinajstić information content (AvgIpc) is 1.54. The Labute approximate surface area is 370 Å². The van der Waals surface area contributed by atoms with Crippen molar-refractivity contribution >= 4 is 65.6 Å². The first-order valence-electron chi connectivity index (χ1n) is 32.1. The van der Waals surface area contributed by atoms with Crippen LogP contribution in [0.5, 0.6) is 0 Å². The first kappa shape index (κ1) is 13.7. The number of para-hydroxylation sites is 3. The summed E-state index contributed by atoms with van der Waals surface area (Å²) in [6, 6.07) is -30.1. The van der Waals surface area contributed by atoms with Crippen molar-refractivity contribution in [2.24, 2.45) is 0 Å². The number of benzene rings is 8. The minimum atomic E-state index is -1.11. The summed E-state index contributed by atoms with van der Waals surface area (Å²) in [6.45, 7) is 0. The van der Waals surface area contributed by atoms with Gasteiger partial charge in [-0.3, -0.25) is 4.57 Å². The molecule has 0 saturated heterocycles. The zero-order valence-electron chi connectivity index (χ0n) is 59.1. The summed E-state index contributed by atoms with van der Waals surface area (Å²) in [5.41, 5.74) is -8.73. The predicted molar refractivity (Wildman–Crippen MR) is 232 cm³/mol. The molecular weight excluding hydrogens is 699 g/mol. The van der Waals surface area contributed by atoms with E-state index in [0.29, 0.717) is 0 Å². The molecule has 8 aromatic carbocycles. The Bertz CT molecular complexity index is 5190. The van der Waals surface area contributed by atoms with E-state index in [1.165, 1.54) is 0 Å². The van der Waals surface area contributed by atoms with Crippen LogP contribution in [0.15, 0.2) is 192 Å². The number of furan rings is 1. The lowest BCUT2D eigenvalue weighted by molar-refractivity contribution is 0.669. The molecule has 0 amide bonds. The van der Waals surface area contributed by atoms with Gasteiger partial charge in [0, 0.05) is 38.1 Å². The van der Waals surface area contributed by atoms with E-state index in [-0.39, 0.29) is 0 Å². The van der Waals surface area contributed by atoms with Crippen LogP contribution in [0, 0.1) is 0 Å². The molecular formula is C51H31N5O. The van der Waals surface area contributed by atoms with E-state index in [1.807, 2.05) is 0 Å². The number of aromatic nitrogens is 5. The van der Waals surface area contributed by atoms with Crippen molar-refractivity contribution in [3.05, 3.63) is 187 Å². The Morgan fingerprint density at radius 2 is 0.877 bits per heavy atom. The Balaban J connectivity index is 1.46. The highest BCUT2D eigenvalue weighted by Crippen LogP contribution is 2.45. The first-order valence-corrected chi connectivity index (χ1v) is 16.6. The van der Waals surface area contributed by atoms with Crippen molar-refractivity contribution in [2.75, 3.05) is 0 Å². The molecule has 0 aliphatic heterocycles. The molecule has 0 radical (unpaired) electrons. The lowest BCUT2D eigenvalue weighted by atomic mass is 10.0. The highest BCUT2D eigenvalue weighted by atomic mass is 16.3. The third kappa shape index (κ3) is 4.81. The Kier molecular flexibility index (Phi) is 2.97. The molecule has 0 spiro atoms. The van der Waals surface area contributed by atoms with Gasteiger partial charge in [-0.15, -0.1) is 0 Å². The molecule has 0 atom stereocenters. The highest BCUT2D eigenvalue weighted by Gasteiger charge is 2.25. The van der Waals surface area contributed by atoms with Crippen LogP contribution in [0.4, 0.5) is 0 Å². The van der Waals surface area contributed by atoms with Gasteiger partial charge in [0.05, 0.1) is 75.6 Å². The summed E-state index contributed by atoms with van der Waals surface area (Å²) in [5, 5.41) is -3.98. The van der Waals surface area contributed by atoms with Gasteiger partial charge in [0.2, 0.25) is 5.95 Å². The number of fused-ring (bicyclic) bond motifs is 10. The lowest BCUT2D eigenvalue weighted by Gasteiger charge is -2.15. The van der Waals surface area contributed by atoms with Crippen LogP contribution in [-0.2, 0) is 0 Å². The van der Waals surface area contributed by atoms with Gasteiger partial charge < -0.3 is 8.98 Å². The zero-order chi connectivity index (χ0) is 64.4. The van der Waals surface area contributed by atoms with Crippen LogP contribution in [-0.4, -0.2) is 24.1 Å². The van der Waals surface area contributed by atoms with Crippen LogP contribution in [0.1, 0.15) is 42.5 Å². The van der Waals surface area contributed by atoms with Gasteiger partial charge in [0.1, 0.15) is 11.2 Å². The topological polar surface area (TPSA) is 61.7 Å². The van der Waals surface area contributed by atoms with E-state index in [9.17, 15) is 12.3 Å². The summed E-state index contributed by atoms with van der Waals surface area (Å²) in [7, 11) is 0. The second-order valence-electron chi connectivity index (χ2n) is 12.1. The van der Waals surface area contributed by atoms with Crippen LogP contribution >= 0.6 is 0 Å². The molecule has 0 saturated carbocycles. The van der Waals surface area contributed by atoms with Gasteiger partial charge in [-0.25, -0.2) is 4.98 Å². The lowest BCUT2D eigenvalue weighted by Crippen LogP contribution is -2.07. The third-order valence-corrected chi connectivity index (χ3v) is 9.04. The van der Waals surface area contributed by atoms with Gasteiger partial charge in [0.15, 0.2) is 11.6 Å². The molecule has 0 aliphatic carbocycles. The maximum absolute atomic E-state index is 10.4. The summed E-state index contributed by atoms with van der Waals surface area (Å²) in [6.07, 6.45) is 0. The van der Waals surface area contributed by atoms with Crippen molar-refractivity contribution in [1.29, 1.82) is 0 Å². The van der Waals surface area contributed by atoms with Gasteiger partial charge in [-0.1, -0.05) is 157 Å². The Hall–Kier alpha value is -7.83. The van der Waals surface area contributed by atoms with Crippen molar-refractivity contribution in [1.82, 2.24) is 24.1 Å². The van der Waals surface area contributed by atoms with Crippen molar-refractivity contribution < 1.29 is 46.9 Å². The average molecular weight is 761 g/mol. The standard InChI is InChI=1S/C51H31N5O/c1-4-16-32(17-5-1)35-30-43(46-40-24-12-15-27-44(40)57-45(46)31-35)55-41-25-13-10-22-36(41)38-28-29-39-37-23-11-14-26-42(37)56(48(39)47(38)55)51-53-49(33-18-6-2-7-19-33)52-50(54-51)34-20-8-3-9-21-34/h1-31H/i1D,2D,3D,4D,5D,6D,7D,8D,9D,10D,11D,12D,13D,14D,15D,16D,17D,18D,19D,20D,21D,22D,23D,24D,25D,26D,27D,28D,29D,30D,31D. The van der Waals surface area contributed by atoms with E-state index in [1.54, 1.807) is 0 Å². The second kappa shape index (κ2) is 12.3. The molecule has 12 aromatic rings. The summed E-state index contributed by atoms with van der Waals surface area (Å²) >= 11 is 0. The molecule has 0 unspecified atom stereocenters. The van der Waals surface area contributed by atoms with Gasteiger partial charge >= 0.3 is 0 Å². The van der Waals surface area contributed by atoms with Crippen molar-refractivity contribution in [3.8, 4) is 45.5 Å². The SMILES string of the molecule is [2H]c1c([2H])c([2H])c(-c2nc(-c3c([2H])c([2H])c([2H])c([2H])c3[2H])nc(-n3c4c([2H])c([2H])c([2H])c([2H])c4c4c([2H])c([2H])c5c6c([2H])c([2H])c([2H])c([2H])c6n(-c6c([2H])c(-c7c([2H])c([2H])c([2H])c([2H])c7[2H])c([2H])c7oc8c([2H])c([2H])c([2H])c([2H])c8c67)c5c43)n2)c([2H])c1[2H]. The molecule has 4 aromatic heterocycles. The molecule has 266 valence electrons. The second-order valence-corrected chi connectivity index (χ2v) is 12.1. The van der Waals surface area contributed by atoms with E-state index in [4.69, 9.17) is 34.6 Å². The maximum atomic E-state index is 10.4. The number of nitrogens with zero attached hydrogens (tertiary/aromatic N) is 5. The van der Waals surface area contributed by atoms with E-state index < -0.39 is 298 Å². The number of rotatable bonds is 5.